The summed E-state index contributed by atoms with van der Waals surface area (Å²) in [4.78, 5) is 13.6. The predicted molar refractivity (Wildman–Crippen MR) is 133 cm³/mol. The monoisotopic (exact) mass is 462 g/mol. The van der Waals surface area contributed by atoms with E-state index in [1.807, 2.05) is 67.6 Å². The van der Waals surface area contributed by atoms with Crippen LogP contribution in [0.4, 0.5) is 5.88 Å². The molecule has 0 aliphatic carbocycles. The number of nitrogens with one attached hydrogen (secondary N) is 1. The van der Waals surface area contributed by atoms with Crippen LogP contribution in [0.2, 0.25) is 10.0 Å². The average molecular weight is 463 g/mol. The van der Waals surface area contributed by atoms with Crippen molar-refractivity contribution in [1.29, 1.82) is 0 Å². The van der Waals surface area contributed by atoms with Crippen molar-refractivity contribution >= 4 is 51.0 Å². The molecule has 2 heterocycles. The first-order chi connectivity index (χ1) is 15.6. The van der Waals surface area contributed by atoms with E-state index in [2.05, 4.69) is 5.32 Å². The summed E-state index contributed by atoms with van der Waals surface area (Å²) in [6, 6.07) is 23.1. The SMILES string of the molecule is CCn1c(=O)c2c(-c3ccc(Cl)cc3Cl)c(NCc3ccccc3)oc2c2ccccc21. The Hall–Kier alpha value is -3.21. The van der Waals surface area contributed by atoms with Crippen molar-refractivity contribution in [2.24, 2.45) is 0 Å². The van der Waals surface area contributed by atoms with Gasteiger partial charge in [-0.05, 0) is 36.8 Å². The minimum atomic E-state index is -0.112. The Bertz CT molecular complexity index is 1500. The molecule has 32 heavy (non-hydrogen) atoms. The number of rotatable bonds is 5. The van der Waals surface area contributed by atoms with Gasteiger partial charge in [0.05, 0.1) is 21.5 Å². The van der Waals surface area contributed by atoms with Crippen LogP contribution < -0.4 is 10.9 Å². The summed E-state index contributed by atoms with van der Waals surface area (Å²) in [7, 11) is 0. The number of anilines is 1. The molecule has 2 aromatic heterocycles. The van der Waals surface area contributed by atoms with Gasteiger partial charge in [-0.3, -0.25) is 4.79 Å². The largest absolute Gasteiger partial charge is 0.439 e. The summed E-state index contributed by atoms with van der Waals surface area (Å²) < 4.78 is 8.10. The van der Waals surface area contributed by atoms with E-state index in [0.717, 1.165) is 16.5 Å². The van der Waals surface area contributed by atoms with E-state index in [1.54, 1.807) is 16.7 Å². The number of benzene rings is 3. The number of pyridine rings is 1. The highest BCUT2D eigenvalue weighted by Crippen LogP contribution is 2.43. The highest BCUT2D eigenvalue weighted by molar-refractivity contribution is 6.37. The maximum atomic E-state index is 13.6. The standard InChI is InChI=1S/C26H20Cl2N2O2/c1-2-30-21-11-7-6-10-19(21)24-23(26(30)31)22(18-13-12-17(27)14-20(18)28)25(32-24)29-15-16-8-4-3-5-9-16/h3-14,29H,2,15H2,1H3. The number of halogens is 2. The molecule has 0 fully saturated rings. The lowest BCUT2D eigenvalue weighted by Gasteiger charge is -2.10. The van der Waals surface area contributed by atoms with Gasteiger partial charge >= 0.3 is 0 Å². The van der Waals surface area contributed by atoms with E-state index in [4.69, 9.17) is 27.6 Å². The van der Waals surface area contributed by atoms with Crippen LogP contribution in [0.25, 0.3) is 33.0 Å². The van der Waals surface area contributed by atoms with E-state index in [-0.39, 0.29) is 5.56 Å². The van der Waals surface area contributed by atoms with Gasteiger partial charge in [-0.15, -0.1) is 0 Å². The lowest BCUT2D eigenvalue weighted by Crippen LogP contribution is -2.19. The Morgan fingerprint density at radius 3 is 2.47 bits per heavy atom. The van der Waals surface area contributed by atoms with E-state index in [9.17, 15) is 4.79 Å². The Balaban J connectivity index is 1.82. The maximum Gasteiger partial charge on any atom is 0.262 e. The van der Waals surface area contributed by atoms with Gasteiger partial charge < -0.3 is 14.3 Å². The highest BCUT2D eigenvalue weighted by Gasteiger charge is 2.24. The quantitative estimate of drug-likeness (QED) is 0.296. The molecule has 0 unspecified atom stereocenters. The van der Waals surface area contributed by atoms with Crippen LogP contribution in [0, 0.1) is 0 Å². The molecule has 4 nitrogen and oxygen atoms in total. The van der Waals surface area contributed by atoms with Gasteiger partial charge in [-0.2, -0.15) is 0 Å². The van der Waals surface area contributed by atoms with E-state index in [1.165, 1.54) is 0 Å². The Morgan fingerprint density at radius 1 is 0.969 bits per heavy atom. The minimum Gasteiger partial charge on any atom is -0.439 e. The minimum absolute atomic E-state index is 0.112. The van der Waals surface area contributed by atoms with Gasteiger partial charge in [0, 0.05) is 29.1 Å². The van der Waals surface area contributed by atoms with Gasteiger partial charge in [0.1, 0.15) is 0 Å². The van der Waals surface area contributed by atoms with Crippen molar-refractivity contribution < 1.29 is 4.42 Å². The van der Waals surface area contributed by atoms with Crippen LogP contribution in [0.1, 0.15) is 12.5 Å². The van der Waals surface area contributed by atoms with Crippen LogP contribution in [-0.2, 0) is 13.1 Å². The van der Waals surface area contributed by atoms with Gasteiger partial charge in [-0.1, -0.05) is 71.7 Å². The second-order valence-electron chi connectivity index (χ2n) is 7.54. The average Bonchev–Trinajstić information content (AvgIpc) is 3.19. The molecule has 3 aromatic carbocycles. The molecule has 0 spiro atoms. The fourth-order valence-electron chi connectivity index (χ4n) is 4.14. The molecule has 0 aliphatic rings. The van der Waals surface area contributed by atoms with Crippen molar-refractivity contribution in [2.75, 3.05) is 5.32 Å². The zero-order chi connectivity index (χ0) is 22.2. The zero-order valence-corrected chi connectivity index (χ0v) is 18.9. The van der Waals surface area contributed by atoms with Crippen LogP contribution >= 0.6 is 23.2 Å². The van der Waals surface area contributed by atoms with E-state index in [0.29, 0.717) is 51.1 Å². The van der Waals surface area contributed by atoms with Crippen molar-refractivity contribution in [3.05, 3.63) is 98.8 Å². The molecule has 160 valence electrons. The number of hydrogen-bond acceptors (Lipinski definition) is 3. The Labute approximate surface area is 195 Å². The topological polar surface area (TPSA) is 47.2 Å². The van der Waals surface area contributed by atoms with E-state index < -0.39 is 0 Å². The lowest BCUT2D eigenvalue weighted by molar-refractivity contribution is 0.629. The molecule has 5 aromatic rings. The summed E-state index contributed by atoms with van der Waals surface area (Å²) in [5.41, 5.74) is 3.71. The molecule has 0 atom stereocenters. The molecule has 0 radical (unpaired) electrons. The second kappa shape index (κ2) is 8.38. The molecule has 6 heteroatoms. The van der Waals surface area contributed by atoms with Crippen LogP contribution in [0.5, 0.6) is 0 Å². The van der Waals surface area contributed by atoms with Crippen molar-refractivity contribution in [2.45, 2.75) is 20.0 Å². The second-order valence-corrected chi connectivity index (χ2v) is 8.38. The van der Waals surface area contributed by atoms with Crippen molar-refractivity contribution in [3.8, 4) is 11.1 Å². The number of nitrogens with zero attached hydrogens (tertiary/aromatic N) is 1. The third kappa shape index (κ3) is 3.46. The van der Waals surface area contributed by atoms with Gasteiger partial charge in [0.25, 0.3) is 5.56 Å². The van der Waals surface area contributed by atoms with Crippen molar-refractivity contribution in [3.63, 3.8) is 0 Å². The summed E-state index contributed by atoms with van der Waals surface area (Å²) in [6.45, 7) is 3.04. The summed E-state index contributed by atoms with van der Waals surface area (Å²) >= 11 is 12.7. The first kappa shape index (κ1) is 20.7. The summed E-state index contributed by atoms with van der Waals surface area (Å²) in [5, 5.41) is 5.75. The molecule has 5 rings (SSSR count). The molecule has 0 aliphatic heterocycles. The smallest absolute Gasteiger partial charge is 0.262 e. The fourth-order valence-corrected chi connectivity index (χ4v) is 4.64. The summed E-state index contributed by atoms with van der Waals surface area (Å²) in [5.74, 6) is 0.504. The first-order valence-corrected chi connectivity index (χ1v) is 11.1. The number of hydrogen-bond donors (Lipinski definition) is 1. The van der Waals surface area contributed by atoms with E-state index >= 15 is 0 Å². The summed E-state index contributed by atoms with van der Waals surface area (Å²) in [6.07, 6.45) is 0. The number of furan rings is 1. The molecule has 1 N–H and O–H groups in total. The third-order valence-corrected chi connectivity index (χ3v) is 6.17. The molecular formula is C26H20Cl2N2O2. The number of aromatic nitrogens is 1. The fraction of sp³-hybridized carbons (Fsp3) is 0.115. The van der Waals surface area contributed by atoms with Gasteiger partial charge in [-0.25, -0.2) is 0 Å². The van der Waals surface area contributed by atoms with Crippen LogP contribution in [0.15, 0.2) is 82.0 Å². The Morgan fingerprint density at radius 2 is 1.72 bits per heavy atom. The molecule has 0 saturated heterocycles. The predicted octanol–water partition coefficient (Wildman–Crippen LogP) is 7.35. The maximum absolute atomic E-state index is 13.6. The number of fused-ring (bicyclic) bond motifs is 3. The number of aryl methyl sites for hydroxylation is 1. The number of para-hydroxylation sites is 1. The lowest BCUT2D eigenvalue weighted by atomic mass is 10.0. The highest BCUT2D eigenvalue weighted by atomic mass is 35.5. The molecule has 0 saturated carbocycles. The van der Waals surface area contributed by atoms with Crippen LogP contribution in [-0.4, -0.2) is 4.57 Å². The van der Waals surface area contributed by atoms with Gasteiger partial charge in [0.15, 0.2) is 5.58 Å². The normalized spacial score (nSPS) is 11.3. The molecule has 0 amide bonds. The molecule has 0 bridgehead atoms. The Kier molecular flexibility index (Phi) is 5.41. The third-order valence-electron chi connectivity index (χ3n) is 5.62. The first-order valence-electron chi connectivity index (χ1n) is 10.4. The van der Waals surface area contributed by atoms with Crippen LogP contribution in [0.3, 0.4) is 0 Å². The van der Waals surface area contributed by atoms with Gasteiger partial charge in [0.2, 0.25) is 5.88 Å². The van der Waals surface area contributed by atoms with Crippen molar-refractivity contribution in [1.82, 2.24) is 4.57 Å². The zero-order valence-electron chi connectivity index (χ0n) is 17.4. The molecular weight excluding hydrogens is 443 g/mol.